The molecule has 5 fully saturated rings. The van der Waals surface area contributed by atoms with Gasteiger partial charge in [0.2, 0.25) is 0 Å². The molecular weight excluding hydrogens is 392 g/mol. The topological polar surface area (TPSA) is 87.6 Å². The molecule has 3 heterocycles. The number of hydrogen-bond donors (Lipinski definition) is 2. The van der Waals surface area contributed by atoms with Crippen LogP contribution in [-0.2, 0) is 4.74 Å². The number of ether oxygens (including phenoxy) is 1. The third-order valence-electron chi connectivity index (χ3n) is 8.00. The maximum Gasteiger partial charge on any atom is 0.410 e. The van der Waals surface area contributed by atoms with E-state index in [1.54, 1.807) is 6.20 Å². The number of anilines is 1. The first-order valence-corrected chi connectivity index (χ1v) is 11.6. The zero-order chi connectivity index (χ0) is 21.2. The van der Waals surface area contributed by atoms with Crippen LogP contribution >= 0.6 is 0 Å². The van der Waals surface area contributed by atoms with Crippen LogP contribution in [0.4, 0.5) is 10.6 Å². The highest BCUT2D eigenvalue weighted by Crippen LogP contribution is 2.56. The first kappa shape index (κ1) is 19.3. The van der Waals surface area contributed by atoms with E-state index < -0.39 is 5.60 Å². The van der Waals surface area contributed by atoms with Crippen molar-refractivity contribution in [2.24, 2.45) is 17.8 Å². The molecule has 31 heavy (non-hydrogen) atoms. The lowest BCUT2D eigenvalue weighted by atomic mass is 9.53. The van der Waals surface area contributed by atoms with Gasteiger partial charge in [0.05, 0.1) is 11.1 Å². The number of nitrogens with zero attached hydrogens (tertiary/aromatic N) is 3. The number of fused-ring (bicyclic) bond motifs is 1. The Morgan fingerprint density at radius 1 is 1.23 bits per heavy atom. The Morgan fingerprint density at radius 2 is 2.03 bits per heavy atom. The predicted molar refractivity (Wildman–Crippen MR) is 117 cm³/mol. The van der Waals surface area contributed by atoms with Crippen molar-refractivity contribution < 1.29 is 14.6 Å². The van der Waals surface area contributed by atoms with Crippen molar-refractivity contribution in [3.05, 3.63) is 30.1 Å². The van der Waals surface area contributed by atoms with E-state index >= 15 is 0 Å². The van der Waals surface area contributed by atoms with Crippen LogP contribution in [0.2, 0.25) is 0 Å². The summed E-state index contributed by atoms with van der Waals surface area (Å²) >= 11 is 0. The molecular formula is C24H30N4O3. The SMILES string of the molecule is Cc1nccc2nc(N[C@@H]3CCN(C(=O)OC4C5CC6C[C@H]4C[C@@](O)(C6)C5)C3)ccc12. The Kier molecular flexibility index (Phi) is 4.39. The lowest BCUT2D eigenvalue weighted by molar-refractivity contribution is -0.177. The van der Waals surface area contributed by atoms with Gasteiger partial charge >= 0.3 is 6.09 Å². The van der Waals surface area contributed by atoms with Crippen LogP contribution in [0, 0.1) is 24.7 Å². The Balaban J connectivity index is 1.08. The zero-order valence-corrected chi connectivity index (χ0v) is 18.0. The van der Waals surface area contributed by atoms with E-state index in [4.69, 9.17) is 9.72 Å². The number of amides is 1. The monoisotopic (exact) mass is 422 g/mol. The van der Waals surface area contributed by atoms with Gasteiger partial charge in [-0.3, -0.25) is 4.98 Å². The Labute approximate surface area is 182 Å². The molecule has 0 spiro atoms. The zero-order valence-electron chi connectivity index (χ0n) is 18.0. The Bertz CT molecular complexity index is 1010. The number of likely N-dealkylation sites (tertiary alicyclic amines) is 1. The molecule has 1 aliphatic heterocycles. The minimum atomic E-state index is -0.497. The van der Waals surface area contributed by atoms with Gasteiger partial charge in [-0.2, -0.15) is 0 Å². The summed E-state index contributed by atoms with van der Waals surface area (Å²) in [6, 6.07) is 6.12. The molecule has 7 rings (SSSR count). The highest BCUT2D eigenvalue weighted by molar-refractivity contribution is 5.82. The number of aromatic nitrogens is 2. The fourth-order valence-electron chi connectivity index (χ4n) is 6.85. The highest BCUT2D eigenvalue weighted by Gasteiger charge is 2.56. The molecule has 1 saturated heterocycles. The Hall–Kier alpha value is -2.41. The molecule has 2 aromatic heterocycles. The van der Waals surface area contributed by atoms with Crippen molar-refractivity contribution in [3.8, 4) is 0 Å². The number of nitrogens with one attached hydrogen (secondary N) is 1. The fourth-order valence-corrected chi connectivity index (χ4v) is 6.85. The van der Waals surface area contributed by atoms with E-state index in [9.17, 15) is 9.90 Å². The molecule has 7 heteroatoms. The van der Waals surface area contributed by atoms with Gasteiger partial charge in [-0.15, -0.1) is 0 Å². The summed E-state index contributed by atoms with van der Waals surface area (Å²) in [5, 5.41) is 15.3. The van der Waals surface area contributed by atoms with Gasteiger partial charge in [0.25, 0.3) is 0 Å². The molecule has 7 nitrogen and oxygen atoms in total. The van der Waals surface area contributed by atoms with Gasteiger partial charge in [-0.05, 0) is 81.4 Å². The van der Waals surface area contributed by atoms with E-state index in [1.165, 1.54) is 0 Å². The summed E-state index contributed by atoms with van der Waals surface area (Å²) in [5.41, 5.74) is 1.40. The molecule has 6 atom stereocenters. The van der Waals surface area contributed by atoms with E-state index in [0.717, 1.165) is 60.9 Å². The van der Waals surface area contributed by atoms with Crippen molar-refractivity contribution in [2.75, 3.05) is 18.4 Å². The number of pyridine rings is 2. The molecule has 5 aliphatic rings. The summed E-state index contributed by atoms with van der Waals surface area (Å²) in [6.45, 7) is 3.31. The van der Waals surface area contributed by atoms with E-state index in [0.29, 0.717) is 30.8 Å². The second kappa shape index (κ2) is 7.05. The summed E-state index contributed by atoms with van der Waals surface area (Å²) < 4.78 is 6.05. The average Bonchev–Trinajstić information content (AvgIpc) is 3.18. The number of carbonyl (C=O) groups is 1. The van der Waals surface area contributed by atoms with Gasteiger partial charge in [-0.25, -0.2) is 9.78 Å². The van der Waals surface area contributed by atoms with Gasteiger partial charge in [0.1, 0.15) is 11.9 Å². The smallest absolute Gasteiger partial charge is 0.410 e. The van der Waals surface area contributed by atoms with E-state index in [-0.39, 0.29) is 18.2 Å². The van der Waals surface area contributed by atoms with Gasteiger partial charge in [-0.1, -0.05) is 0 Å². The number of hydrogen-bond acceptors (Lipinski definition) is 6. The molecule has 3 unspecified atom stereocenters. The molecule has 164 valence electrons. The van der Waals surface area contributed by atoms with Crippen molar-refractivity contribution in [1.82, 2.24) is 14.9 Å². The normalized spacial score (nSPS) is 36.2. The molecule has 4 saturated carbocycles. The third kappa shape index (κ3) is 3.43. The largest absolute Gasteiger partial charge is 0.446 e. The second-order valence-corrected chi connectivity index (χ2v) is 10.3. The first-order valence-electron chi connectivity index (χ1n) is 11.6. The van der Waals surface area contributed by atoms with Crippen molar-refractivity contribution in [2.45, 2.75) is 63.2 Å². The number of aryl methyl sites for hydroxylation is 1. The van der Waals surface area contributed by atoms with Crippen LogP contribution in [0.1, 0.15) is 44.2 Å². The van der Waals surface area contributed by atoms with Gasteiger partial charge < -0.3 is 20.1 Å². The summed E-state index contributed by atoms with van der Waals surface area (Å²) in [5.74, 6) is 2.10. The minimum Gasteiger partial charge on any atom is -0.446 e. The fraction of sp³-hybridized carbons (Fsp3) is 0.625. The maximum absolute atomic E-state index is 12.9. The first-order chi connectivity index (χ1) is 15.0. The van der Waals surface area contributed by atoms with Gasteiger partial charge in [0.15, 0.2) is 0 Å². The van der Waals surface area contributed by atoms with E-state index in [2.05, 4.69) is 10.3 Å². The van der Waals surface area contributed by atoms with Crippen molar-refractivity contribution in [3.63, 3.8) is 0 Å². The third-order valence-corrected chi connectivity index (χ3v) is 8.00. The molecule has 0 radical (unpaired) electrons. The molecule has 4 aliphatic carbocycles. The lowest BCUT2D eigenvalue weighted by Gasteiger charge is -2.57. The van der Waals surface area contributed by atoms with Crippen molar-refractivity contribution >= 4 is 22.8 Å². The molecule has 1 amide bonds. The molecule has 0 aromatic carbocycles. The lowest BCUT2D eigenvalue weighted by Crippen LogP contribution is -2.58. The van der Waals surface area contributed by atoms with Gasteiger partial charge in [0, 0.05) is 36.4 Å². The quantitative estimate of drug-likeness (QED) is 0.787. The van der Waals surface area contributed by atoms with Crippen LogP contribution < -0.4 is 5.32 Å². The second-order valence-electron chi connectivity index (χ2n) is 10.3. The Morgan fingerprint density at radius 3 is 2.81 bits per heavy atom. The van der Waals surface area contributed by atoms with Crippen LogP contribution in [0.5, 0.6) is 0 Å². The summed E-state index contributed by atoms with van der Waals surface area (Å²) in [4.78, 5) is 23.8. The number of rotatable bonds is 3. The molecule has 4 bridgehead atoms. The standard InChI is InChI=1S/C24H30N4O3/c1-14-19-2-3-21(27-20(19)4-6-25-14)26-18-5-7-28(13-18)23(29)31-22-16-8-15-9-17(22)12-24(30,10-15)11-16/h2-4,6,15-18,22,30H,5,7-13H2,1H3,(H,26,27)/t15?,16-,17?,18+,22?,24-/m0/s1. The van der Waals surface area contributed by atoms with E-state index in [1.807, 2.05) is 30.0 Å². The number of aliphatic hydroxyl groups is 1. The molecule has 2 N–H and O–H groups in total. The summed E-state index contributed by atoms with van der Waals surface area (Å²) in [6.07, 6.45) is 7.19. The predicted octanol–water partition coefficient (Wildman–Crippen LogP) is 3.50. The van der Waals surface area contributed by atoms with Crippen LogP contribution in [-0.4, -0.2) is 56.9 Å². The maximum atomic E-state index is 12.9. The summed E-state index contributed by atoms with van der Waals surface area (Å²) in [7, 11) is 0. The van der Waals surface area contributed by atoms with Crippen LogP contribution in [0.3, 0.4) is 0 Å². The minimum absolute atomic E-state index is 0.0182. The molecule has 2 aromatic rings. The average molecular weight is 423 g/mol. The number of carbonyl (C=O) groups excluding carboxylic acids is 1. The highest BCUT2D eigenvalue weighted by atomic mass is 16.6. The van der Waals surface area contributed by atoms with Crippen LogP contribution in [0.25, 0.3) is 10.9 Å². The van der Waals surface area contributed by atoms with Crippen LogP contribution in [0.15, 0.2) is 24.4 Å². The van der Waals surface area contributed by atoms with Crippen molar-refractivity contribution in [1.29, 1.82) is 0 Å².